The highest BCUT2D eigenvalue weighted by Crippen LogP contribution is 2.15. The number of nitrogens with two attached hydrogens (primary N) is 1. The van der Waals surface area contributed by atoms with Gasteiger partial charge in [-0.1, -0.05) is 44.2 Å². The Morgan fingerprint density at radius 3 is 2.61 bits per heavy atom. The highest BCUT2D eigenvalue weighted by Gasteiger charge is 2.33. The number of likely N-dealkylation sites (tertiary alicyclic amines) is 1. The number of carbonyl (C=O) groups excluding carboxylic acids is 2. The van der Waals surface area contributed by atoms with Gasteiger partial charge in [-0.05, 0) is 24.3 Å². The summed E-state index contributed by atoms with van der Waals surface area (Å²) in [5.74, 6) is 0.108. The summed E-state index contributed by atoms with van der Waals surface area (Å²) in [6.07, 6.45) is 1.27. The van der Waals surface area contributed by atoms with E-state index in [1.165, 1.54) is 0 Å². The molecule has 6 heteroatoms. The van der Waals surface area contributed by atoms with Gasteiger partial charge in [0.15, 0.2) is 0 Å². The van der Waals surface area contributed by atoms with Crippen LogP contribution in [0.25, 0.3) is 0 Å². The molecule has 0 radical (unpaired) electrons. The molecule has 1 unspecified atom stereocenters. The summed E-state index contributed by atoms with van der Waals surface area (Å²) < 4.78 is 0. The van der Waals surface area contributed by atoms with Gasteiger partial charge in [-0.2, -0.15) is 0 Å². The summed E-state index contributed by atoms with van der Waals surface area (Å²) >= 11 is 0. The molecule has 1 aromatic carbocycles. The predicted molar refractivity (Wildman–Crippen MR) is 93.1 cm³/mol. The van der Waals surface area contributed by atoms with Crippen LogP contribution >= 0.6 is 12.4 Å². The number of hydrogen-bond acceptors (Lipinski definition) is 3. The van der Waals surface area contributed by atoms with Crippen molar-refractivity contribution in [3.63, 3.8) is 0 Å². The van der Waals surface area contributed by atoms with Crippen LogP contribution < -0.4 is 11.1 Å². The predicted octanol–water partition coefficient (Wildman–Crippen LogP) is 1.70. The van der Waals surface area contributed by atoms with E-state index in [0.29, 0.717) is 31.8 Å². The molecular weight excluding hydrogens is 314 g/mol. The van der Waals surface area contributed by atoms with Crippen LogP contribution in [0.5, 0.6) is 0 Å². The lowest BCUT2D eigenvalue weighted by Gasteiger charge is -2.19. The van der Waals surface area contributed by atoms with Crippen LogP contribution in [0.3, 0.4) is 0 Å². The zero-order chi connectivity index (χ0) is 16.1. The third-order valence-electron chi connectivity index (χ3n) is 3.89. The van der Waals surface area contributed by atoms with Crippen molar-refractivity contribution in [2.45, 2.75) is 45.3 Å². The van der Waals surface area contributed by atoms with Gasteiger partial charge in [0.25, 0.3) is 0 Å². The molecule has 128 valence electrons. The first-order valence-electron chi connectivity index (χ1n) is 7.86. The van der Waals surface area contributed by atoms with Crippen molar-refractivity contribution in [1.29, 1.82) is 0 Å². The molecule has 0 aliphatic carbocycles. The molecule has 1 heterocycles. The van der Waals surface area contributed by atoms with Gasteiger partial charge in [-0.3, -0.25) is 9.59 Å². The molecule has 1 aliphatic heterocycles. The molecule has 0 aromatic heterocycles. The summed E-state index contributed by atoms with van der Waals surface area (Å²) in [6.45, 7) is 5.30. The molecule has 3 N–H and O–H groups in total. The van der Waals surface area contributed by atoms with Gasteiger partial charge in [0.05, 0.1) is 6.04 Å². The fraction of sp³-hybridized carbons (Fsp3) is 0.529. The van der Waals surface area contributed by atoms with E-state index in [2.05, 4.69) is 5.32 Å². The minimum atomic E-state index is -0.545. The lowest BCUT2D eigenvalue weighted by molar-refractivity contribution is -0.133. The van der Waals surface area contributed by atoms with Crippen LogP contribution in [-0.4, -0.2) is 35.3 Å². The fourth-order valence-electron chi connectivity index (χ4n) is 2.73. The molecule has 1 aromatic rings. The maximum Gasteiger partial charge on any atom is 0.245 e. The third-order valence-corrected chi connectivity index (χ3v) is 3.89. The number of hydrogen-bond donors (Lipinski definition) is 2. The Kier molecular flexibility index (Phi) is 7.52. The topological polar surface area (TPSA) is 75.4 Å². The van der Waals surface area contributed by atoms with Crippen molar-refractivity contribution in [2.24, 2.45) is 11.7 Å². The first-order valence-corrected chi connectivity index (χ1v) is 7.86. The fourth-order valence-corrected chi connectivity index (χ4v) is 2.73. The lowest BCUT2D eigenvalue weighted by Crippen LogP contribution is -2.48. The van der Waals surface area contributed by atoms with Gasteiger partial charge in [-0.15, -0.1) is 12.4 Å². The van der Waals surface area contributed by atoms with Crippen LogP contribution in [-0.2, 0) is 16.1 Å². The Labute approximate surface area is 144 Å². The SMILES string of the molecule is CC(C)C[C@H](N)C(=O)NC1CCN(Cc2ccccc2)C1=O.Cl. The molecule has 1 fully saturated rings. The van der Waals surface area contributed by atoms with E-state index in [4.69, 9.17) is 5.73 Å². The van der Waals surface area contributed by atoms with E-state index in [-0.39, 0.29) is 24.2 Å². The van der Waals surface area contributed by atoms with Crippen LogP contribution in [0.2, 0.25) is 0 Å². The quantitative estimate of drug-likeness (QED) is 0.828. The van der Waals surface area contributed by atoms with Gasteiger partial charge < -0.3 is 16.0 Å². The average molecular weight is 340 g/mol. The van der Waals surface area contributed by atoms with Crippen LogP contribution in [0.4, 0.5) is 0 Å². The molecule has 5 nitrogen and oxygen atoms in total. The standard InChI is InChI=1S/C17H25N3O2.ClH/c1-12(2)10-14(18)16(21)19-15-8-9-20(17(15)22)11-13-6-4-3-5-7-13;/h3-7,12,14-15H,8-11,18H2,1-2H3,(H,19,21);1H/t14-,15?;/m0./s1. The Bertz CT molecular complexity index is 522. The Morgan fingerprint density at radius 1 is 1.35 bits per heavy atom. The zero-order valence-corrected chi connectivity index (χ0v) is 14.5. The third kappa shape index (κ3) is 5.52. The summed E-state index contributed by atoms with van der Waals surface area (Å²) in [4.78, 5) is 26.2. The van der Waals surface area contributed by atoms with E-state index in [9.17, 15) is 9.59 Å². The summed E-state index contributed by atoms with van der Waals surface area (Å²) in [7, 11) is 0. The van der Waals surface area contributed by atoms with Crippen molar-refractivity contribution in [2.75, 3.05) is 6.54 Å². The number of benzene rings is 1. The highest BCUT2D eigenvalue weighted by molar-refractivity contribution is 5.90. The maximum atomic E-state index is 12.4. The normalized spacial score (nSPS) is 18.7. The van der Waals surface area contributed by atoms with Crippen molar-refractivity contribution in [3.8, 4) is 0 Å². The molecular formula is C17H26ClN3O2. The van der Waals surface area contributed by atoms with E-state index in [0.717, 1.165) is 5.56 Å². The molecule has 1 saturated heterocycles. The molecule has 0 bridgehead atoms. The average Bonchev–Trinajstić information content (AvgIpc) is 2.80. The van der Waals surface area contributed by atoms with Crippen LogP contribution in [0.15, 0.2) is 30.3 Å². The second kappa shape index (κ2) is 8.89. The smallest absolute Gasteiger partial charge is 0.245 e. The van der Waals surface area contributed by atoms with Crippen molar-refractivity contribution >= 4 is 24.2 Å². The van der Waals surface area contributed by atoms with E-state index in [1.807, 2.05) is 44.2 Å². The molecule has 0 saturated carbocycles. The Hall–Kier alpha value is -1.59. The van der Waals surface area contributed by atoms with Crippen LogP contribution in [0, 0.1) is 5.92 Å². The van der Waals surface area contributed by atoms with Gasteiger partial charge in [0.1, 0.15) is 6.04 Å². The van der Waals surface area contributed by atoms with Gasteiger partial charge >= 0.3 is 0 Å². The minimum Gasteiger partial charge on any atom is -0.343 e. The second-order valence-electron chi connectivity index (χ2n) is 6.33. The summed E-state index contributed by atoms with van der Waals surface area (Å²) in [6, 6.07) is 8.88. The number of nitrogens with zero attached hydrogens (tertiary/aromatic N) is 1. The monoisotopic (exact) mass is 339 g/mol. The van der Waals surface area contributed by atoms with E-state index in [1.54, 1.807) is 4.90 Å². The molecule has 23 heavy (non-hydrogen) atoms. The Balaban J connectivity index is 0.00000264. The second-order valence-corrected chi connectivity index (χ2v) is 6.33. The highest BCUT2D eigenvalue weighted by atomic mass is 35.5. The van der Waals surface area contributed by atoms with Gasteiger partial charge in [0, 0.05) is 13.1 Å². The van der Waals surface area contributed by atoms with Crippen molar-refractivity contribution < 1.29 is 9.59 Å². The molecule has 2 atom stereocenters. The summed E-state index contributed by atoms with van der Waals surface area (Å²) in [5, 5.41) is 2.79. The number of halogens is 1. The van der Waals surface area contributed by atoms with Crippen LogP contribution in [0.1, 0.15) is 32.3 Å². The first-order chi connectivity index (χ1) is 10.5. The lowest BCUT2D eigenvalue weighted by atomic mass is 10.0. The summed E-state index contributed by atoms with van der Waals surface area (Å²) in [5.41, 5.74) is 6.96. The maximum absolute atomic E-state index is 12.4. The molecule has 0 spiro atoms. The molecule has 2 rings (SSSR count). The number of amides is 2. The minimum absolute atomic E-state index is 0. The number of carbonyl (C=O) groups is 2. The van der Waals surface area contributed by atoms with Gasteiger partial charge in [-0.25, -0.2) is 0 Å². The first kappa shape index (κ1) is 19.5. The largest absolute Gasteiger partial charge is 0.343 e. The molecule has 1 aliphatic rings. The van der Waals surface area contributed by atoms with E-state index >= 15 is 0 Å². The zero-order valence-electron chi connectivity index (χ0n) is 13.7. The van der Waals surface area contributed by atoms with Crippen molar-refractivity contribution in [3.05, 3.63) is 35.9 Å². The molecule has 2 amide bonds. The van der Waals surface area contributed by atoms with Crippen molar-refractivity contribution in [1.82, 2.24) is 10.2 Å². The van der Waals surface area contributed by atoms with E-state index < -0.39 is 12.1 Å². The Morgan fingerprint density at radius 2 is 2.00 bits per heavy atom. The number of nitrogens with one attached hydrogen (secondary N) is 1. The number of rotatable bonds is 6. The van der Waals surface area contributed by atoms with Gasteiger partial charge in [0.2, 0.25) is 11.8 Å².